The standard InChI is InChI=1S/C15H18O/c1-3-6-12-9-10-13(11(2)16)15-8-5-4-7-14(12)15/h4-5,7-11,16H,3,6H2,1-2H3. The summed E-state index contributed by atoms with van der Waals surface area (Å²) >= 11 is 0. The fraction of sp³-hybridized carbons (Fsp3) is 0.333. The van der Waals surface area contributed by atoms with Crippen molar-refractivity contribution in [2.75, 3.05) is 0 Å². The van der Waals surface area contributed by atoms with E-state index in [1.54, 1.807) is 0 Å². The minimum Gasteiger partial charge on any atom is -0.389 e. The third-order valence-corrected chi connectivity index (χ3v) is 3.02. The minimum atomic E-state index is -0.402. The van der Waals surface area contributed by atoms with Gasteiger partial charge in [-0.25, -0.2) is 0 Å². The Balaban J connectivity index is 2.67. The Morgan fingerprint density at radius 2 is 1.75 bits per heavy atom. The van der Waals surface area contributed by atoms with Gasteiger partial charge in [-0.3, -0.25) is 0 Å². The molecule has 2 aromatic carbocycles. The molecule has 0 aliphatic heterocycles. The van der Waals surface area contributed by atoms with Crippen molar-refractivity contribution in [1.29, 1.82) is 0 Å². The molecule has 0 heterocycles. The Hall–Kier alpha value is -1.34. The number of hydrogen-bond acceptors (Lipinski definition) is 1. The van der Waals surface area contributed by atoms with Crippen molar-refractivity contribution < 1.29 is 5.11 Å². The average molecular weight is 214 g/mol. The van der Waals surface area contributed by atoms with Crippen LogP contribution in [-0.4, -0.2) is 5.11 Å². The van der Waals surface area contributed by atoms with Gasteiger partial charge in [0.1, 0.15) is 0 Å². The summed E-state index contributed by atoms with van der Waals surface area (Å²) in [5, 5.41) is 12.2. The molecule has 0 saturated heterocycles. The topological polar surface area (TPSA) is 20.2 Å². The highest BCUT2D eigenvalue weighted by Gasteiger charge is 2.08. The van der Waals surface area contributed by atoms with E-state index in [9.17, 15) is 5.11 Å². The van der Waals surface area contributed by atoms with Crippen LogP contribution < -0.4 is 0 Å². The van der Waals surface area contributed by atoms with Crippen LogP contribution in [0.1, 0.15) is 37.5 Å². The van der Waals surface area contributed by atoms with Crippen LogP contribution >= 0.6 is 0 Å². The molecule has 1 unspecified atom stereocenters. The summed E-state index contributed by atoms with van der Waals surface area (Å²) in [5.41, 5.74) is 2.40. The van der Waals surface area contributed by atoms with E-state index >= 15 is 0 Å². The molecule has 0 saturated carbocycles. The van der Waals surface area contributed by atoms with Crippen LogP contribution in [0.2, 0.25) is 0 Å². The quantitative estimate of drug-likeness (QED) is 0.823. The summed E-state index contributed by atoms with van der Waals surface area (Å²) < 4.78 is 0. The fourth-order valence-corrected chi connectivity index (χ4v) is 2.24. The van der Waals surface area contributed by atoms with Crippen LogP contribution in [0.15, 0.2) is 36.4 Å². The number of hydrogen-bond donors (Lipinski definition) is 1. The number of fused-ring (bicyclic) bond motifs is 1. The molecule has 0 aliphatic rings. The monoisotopic (exact) mass is 214 g/mol. The molecule has 2 rings (SSSR count). The number of aliphatic hydroxyl groups is 1. The van der Waals surface area contributed by atoms with Crippen molar-refractivity contribution >= 4 is 10.8 Å². The largest absolute Gasteiger partial charge is 0.389 e. The van der Waals surface area contributed by atoms with E-state index in [1.165, 1.54) is 16.3 Å². The number of aryl methyl sites for hydroxylation is 1. The first kappa shape index (κ1) is 11.2. The molecule has 0 radical (unpaired) electrons. The molecule has 0 aromatic heterocycles. The summed E-state index contributed by atoms with van der Waals surface area (Å²) in [6, 6.07) is 12.5. The highest BCUT2D eigenvalue weighted by Crippen LogP contribution is 2.27. The van der Waals surface area contributed by atoms with Gasteiger partial charge in [-0.1, -0.05) is 49.7 Å². The molecule has 0 fully saturated rings. The lowest BCUT2D eigenvalue weighted by Crippen LogP contribution is -1.95. The lowest BCUT2D eigenvalue weighted by atomic mass is 9.95. The average Bonchev–Trinajstić information content (AvgIpc) is 2.29. The molecule has 2 aromatic rings. The van der Waals surface area contributed by atoms with Crippen molar-refractivity contribution in [3.8, 4) is 0 Å². The summed E-state index contributed by atoms with van der Waals surface area (Å²) in [6.45, 7) is 4.01. The highest BCUT2D eigenvalue weighted by molar-refractivity contribution is 5.89. The minimum absolute atomic E-state index is 0.402. The number of rotatable bonds is 3. The van der Waals surface area contributed by atoms with E-state index in [0.717, 1.165) is 18.4 Å². The zero-order chi connectivity index (χ0) is 11.5. The first-order valence-corrected chi connectivity index (χ1v) is 5.92. The Morgan fingerprint density at radius 1 is 1.06 bits per heavy atom. The zero-order valence-electron chi connectivity index (χ0n) is 9.90. The molecular formula is C15H18O. The van der Waals surface area contributed by atoms with Crippen molar-refractivity contribution in [3.63, 3.8) is 0 Å². The normalized spacial score (nSPS) is 12.9. The Kier molecular flexibility index (Phi) is 3.25. The molecule has 1 nitrogen and oxygen atoms in total. The zero-order valence-corrected chi connectivity index (χ0v) is 9.90. The van der Waals surface area contributed by atoms with Gasteiger partial charge in [0, 0.05) is 0 Å². The highest BCUT2D eigenvalue weighted by atomic mass is 16.3. The Bertz CT molecular complexity index is 486. The van der Waals surface area contributed by atoms with E-state index in [2.05, 4.69) is 37.3 Å². The SMILES string of the molecule is CCCc1ccc(C(C)O)c2ccccc12. The third kappa shape index (κ3) is 1.96. The van der Waals surface area contributed by atoms with Crippen LogP contribution in [0, 0.1) is 0 Å². The Labute approximate surface area is 96.7 Å². The van der Waals surface area contributed by atoms with Crippen LogP contribution in [0.3, 0.4) is 0 Å². The second-order valence-electron chi connectivity index (χ2n) is 4.29. The predicted molar refractivity (Wildman–Crippen MR) is 68.6 cm³/mol. The van der Waals surface area contributed by atoms with E-state index < -0.39 is 6.10 Å². The van der Waals surface area contributed by atoms with Crippen LogP contribution in [-0.2, 0) is 6.42 Å². The molecule has 1 atom stereocenters. The number of aliphatic hydroxyl groups excluding tert-OH is 1. The van der Waals surface area contributed by atoms with Gasteiger partial charge in [-0.05, 0) is 35.2 Å². The molecule has 0 spiro atoms. The summed E-state index contributed by atoms with van der Waals surface area (Å²) in [4.78, 5) is 0. The van der Waals surface area contributed by atoms with E-state index in [-0.39, 0.29) is 0 Å². The predicted octanol–water partition coefficient (Wildman–Crippen LogP) is 3.85. The maximum absolute atomic E-state index is 9.74. The molecule has 0 bridgehead atoms. The lowest BCUT2D eigenvalue weighted by Gasteiger charge is -2.12. The molecule has 16 heavy (non-hydrogen) atoms. The first-order chi connectivity index (χ1) is 7.74. The maximum Gasteiger partial charge on any atom is 0.0767 e. The van der Waals surface area contributed by atoms with Gasteiger partial charge < -0.3 is 5.11 Å². The van der Waals surface area contributed by atoms with Crippen molar-refractivity contribution in [1.82, 2.24) is 0 Å². The Morgan fingerprint density at radius 3 is 2.38 bits per heavy atom. The van der Waals surface area contributed by atoms with Gasteiger partial charge in [0.2, 0.25) is 0 Å². The second kappa shape index (κ2) is 4.67. The molecule has 84 valence electrons. The summed E-state index contributed by atoms with van der Waals surface area (Å²) in [7, 11) is 0. The first-order valence-electron chi connectivity index (χ1n) is 5.92. The maximum atomic E-state index is 9.74. The van der Waals surface area contributed by atoms with Gasteiger partial charge in [-0.15, -0.1) is 0 Å². The molecule has 1 heteroatoms. The van der Waals surface area contributed by atoms with Crippen molar-refractivity contribution in [2.45, 2.75) is 32.8 Å². The van der Waals surface area contributed by atoms with Gasteiger partial charge in [0.05, 0.1) is 6.10 Å². The van der Waals surface area contributed by atoms with E-state index in [4.69, 9.17) is 0 Å². The van der Waals surface area contributed by atoms with Gasteiger partial charge in [-0.2, -0.15) is 0 Å². The van der Waals surface area contributed by atoms with Gasteiger partial charge in [0.15, 0.2) is 0 Å². The van der Waals surface area contributed by atoms with Crippen LogP contribution in [0.5, 0.6) is 0 Å². The summed E-state index contributed by atoms with van der Waals surface area (Å²) in [5.74, 6) is 0. The van der Waals surface area contributed by atoms with Gasteiger partial charge in [0.25, 0.3) is 0 Å². The fourth-order valence-electron chi connectivity index (χ4n) is 2.24. The van der Waals surface area contributed by atoms with Crippen molar-refractivity contribution in [2.24, 2.45) is 0 Å². The molecule has 0 aliphatic carbocycles. The van der Waals surface area contributed by atoms with Gasteiger partial charge >= 0.3 is 0 Å². The van der Waals surface area contributed by atoms with Crippen LogP contribution in [0.4, 0.5) is 0 Å². The molecule has 1 N–H and O–H groups in total. The third-order valence-electron chi connectivity index (χ3n) is 3.02. The molecular weight excluding hydrogens is 196 g/mol. The van der Waals surface area contributed by atoms with Crippen LogP contribution in [0.25, 0.3) is 10.8 Å². The molecule has 0 amide bonds. The summed E-state index contributed by atoms with van der Waals surface area (Å²) in [6.07, 6.45) is 1.85. The van der Waals surface area contributed by atoms with E-state index in [1.807, 2.05) is 13.0 Å². The van der Waals surface area contributed by atoms with E-state index in [0.29, 0.717) is 0 Å². The number of benzene rings is 2. The lowest BCUT2D eigenvalue weighted by molar-refractivity contribution is 0.201. The second-order valence-corrected chi connectivity index (χ2v) is 4.29. The smallest absolute Gasteiger partial charge is 0.0767 e. The van der Waals surface area contributed by atoms with Crippen molar-refractivity contribution in [3.05, 3.63) is 47.5 Å².